The molecule has 0 aromatic heterocycles. The van der Waals surface area contributed by atoms with Gasteiger partial charge in [0.1, 0.15) is 0 Å². The Morgan fingerprint density at radius 2 is 2.00 bits per heavy atom. The fourth-order valence-corrected chi connectivity index (χ4v) is 1.87. The Kier molecular flexibility index (Phi) is 5.49. The van der Waals surface area contributed by atoms with E-state index in [1.165, 1.54) is 4.90 Å². The predicted molar refractivity (Wildman–Crippen MR) is 72.4 cm³/mol. The van der Waals surface area contributed by atoms with Gasteiger partial charge in [-0.3, -0.25) is 4.99 Å². The lowest BCUT2D eigenvalue weighted by atomic mass is 10.4. The van der Waals surface area contributed by atoms with Crippen LogP contribution in [0.2, 0.25) is 5.02 Å². The molecule has 5 heteroatoms. The smallest absolute Gasteiger partial charge is 0.190 e. The Balaban J connectivity index is 2.31. The van der Waals surface area contributed by atoms with Crippen LogP contribution in [0.1, 0.15) is 0 Å². The van der Waals surface area contributed by atoms with Crippen molar-refractivity contribution in [3.8, 4) is 0 Å². The van der Waals surface area contributed by atoms with Crippen molar-refractivity contribution in [3.63, 3.8) is 0 Å². The van der Waals surface area contributed by atoms with Crippen molar-refractivity contribution >= 4 is 29.3 Å². The average Bonchev–Trinajstić information content (AvgIpc) is 2.26. The van der Waals surface area contributed by atoms with E-state index < -0.39 is 0 Å². The van der Waals surface area contributed by atoms with Crippen molar-refractivity contribution in [2.75, 3.05) is 26.4 Å². The van der Waals surface area contributed by atoms with E-state index in [-0.39, 0.29) is 0 Å². The summed E-state index contributed by atoms with van der Waals surface area (Å²) in [6.45, 7) is 0.720. The molecule has 0 heterocycles. The summed E-state index contributed by atoms with van der Waals surface area (Å²) in [5.41, 5.74) is 5.67. The van der Waals surface area contributed by atoms with Gasteiger partial charge in [-0.25, -0.2) is 0 Å². The van der Waals surface area contributed by atoms with Crippen LogP contribution < -0.4 is 5.73 Å². The van der Waals surface area contributed by atoms with Crippen LogP contribution in [0.5, 0.6) is 0 Å². The number of benzene rings is 1. The number of guanidine groups is 1. The van der Waals surface area contributed by atoms with Crippen molar-refractivity contribution in [2.24, 2.45) is 10.7 Å². The summed E-state index contributed by atoms with van der Waals surface area (Å²) < 4.78 is 0. The number of nitrogens with two attached hydrogens (primary N) is 1. The second kappa shape index (κ2) is 6.66. The molecule has 0 aliphatic carbocycles. The lowest BCUT2D eigenvalue weighted by Crippen LogP contribution is -2.30. The van der Waals surface area contributed by atoms with Crippen molar-refractivity contribution in [2.45, 2.75) is 4.90 Å². The molecule has 88 valence electrons. The second-order valence-electron chi connectivity index (χ2n) is 3.44. The van der Waals surface area contributed by atoms with Crippen LogP contribution in [0, 0.1) is 0 Å². The number of hydrogen-bond acceptors (Lipinski definition) is 2. The zero-order chi connectivity index (χ0) is 12.0. The topological polar surface area (TPSA) is 41.6 Å². The molecule has 0 unspecified atom stereocenters. The molecule has 0 saturated carbocycles. The molecule has 0 atom stereocenters. The molecule has 0 saturated heterocycles. The first-order valence-corrected chi connectivity index (χ1v) is 6.31. The fourth-order valence-electron chi connectivity index (χ4n) is 0.996. The summed E-state index contributed by atoms with van der Waals surface area (Å²) in [7, 11) is 3.76. The lowest BCUT2D eigenvalue weighted by molar-refractivity contribution is 0.610. The van der Waals surface area contributed by atoms with Crippen molar-refractivity contribution in [1.82, 2.24) is 4.90 Å². The molecular weight excluding hydrogens is 242 g/mol. The Morgan fingerprint density at radius 3 is 2.56 bits per heavy atom. The third-order valence-corrected chi connectivity index (χ3v) is 3.15. The number of aliphatic imine (C=N–C) groups is 1. The molecule has 0 amide bonds. The first-order valence-electron chi connectivity index (χ1n) is 4.95. The molecular formula is C11H16ClN3S. The first-order chi connectivity index (χ1) is 7.59. The van der Waals surface area contributed by atoms with Crippen LogP contribution in [0.3, 0.4) is 0 Å². The first kappa shape index (κ1) is 13.2. The molecule has 0 bridgehead atoms. The summed E-state index contributed by atoms with van der Waals surface area (Å²) in [5, 5.41) is 0.763. The van der Waals surface area contributed by atoms with Gasteiger partial charge in [0.2, 0.25) is 0 Å². The monoisotopic (exact) mass is 257 g/mol. The molecule has 2 N–H and O–H groups in total. The predicted octanol–water partition coefficient (Wildman–Crippen LogP) is 2.31. The average molecular weight is 258 g/mol. The fraction of sp³-hybridized carbons (Fsp3) is 0.364. The molecule has 0 fully saturated rings. The highest BCUT2D eigenvalue weighted by Crippen LogP contribution is 2.19. The van der Waals surface area contributed by atoms with E-state index in [4.69, 9.17) is 17.3 Å². The molecule has 1 aromatic rings. The SMILES string of the molecule is CN(C)C(N)=NCCSc1ccc(Cl)cc1. The maximum atomic E-state index is 5.80. The van der Waals surface area contributed by atoms with Gasteiger partial charge in [0.25, 0.3) is 0 Å². The Labute approximate surface area is 106 Å². The molecule has 0 spiro atoms. The van der Waals surface area contributed by atoms with Gasteiger partial charge in [0.15, 0.2) is 5.96 Å². The van der Waals surface area contributed by atoms with Gasteiger partial charge in [0, 0.05) is 29.8 Å². The van der Waals surface area contributed by atoms with Crippen LogP contribution in [0.15, 0.2) is 34.2 Å². The van der Waals surface area contributed by atoms with Crippen LogP contribution in [0.4, 0.5) is 0 Å². The molecule has 0 aliphatic heterocycles. The number of nitrogens with zero attached hydrogens (tertiary/aromatic N) is 2. The van der Waals surface area contributed by atoms with Gasteiger partial charge in [-0.15, -0.1) is 11.8 Å². The van der Waals surface area contributed by atoms with Gasteiger partial charge in [-0.2, -0.15) is 0 Å². The molecule has 0 radical (unpaired) electrons. The highest BCUT2D eigenvalue weighted by atomic mass is 35.5. The van der Waals surface area contributed by atoms with Crippen molar-refractivity contribution in [1.29, 1.82) is 0 Å². The van der Waals surface area contributed by atoms with Crippen LogP contribution in [0.25, 0.3) is 0 Å². The highest BCUT2D eigenvalue weighted by molar-refractivity contribution is 7.99. The van der Waals surface area contributed by atoms with Gasteiger partial charge in [-0.05, 0) is 24.3 Å². The maximum absolute atomic E-state index is 5.80. The van der Waals surface area contributed by atoms with Crippen LogP contribution in [-0.2, 0) is 0 Å². The minimum atomic E-state index is 0.566. The van der Waals surface area contributed by atoms with Crippen molar-refractivity contribution < 1.29 is 0 Å². The molecule has 1 aromatic carbocycles. The van der Waals surface area contributed by atoms with Gasteiger partial charge < -0.3 is 10.6 Å². The summed E-state index contributed by atoms with van der Waals surface area (Å²) >= 11 is 7.54. The van der Waals surface area contributed by atoms with Crippen LogP contribution >= 0.6 is 23.4 Å². The Morgan fingerprint density at radius 1 is 1.38 bits per heavy atom. The minimum Gasteiger partial charge on any atom is -0.370 e. The molecule has 16 heavy (non-hydrogen) atoms. The summed E-state index contributed by atoms with van der Waals surface area (Å²) in [5.74, 6) is 1.48. The van der Waals surface area contributed by atoms with E-state index in [2.05, 4.69) is 4.99 Å². The molecule has 3 nitrogen and oxygen atoms in total. The second-order valence-corrected chi connectivity index (χ2v) is 5.04. The Hall–Kier alpha value is -0.870. The summed E-state index contributed by atoms with van der Waals surface area (Å²) in [6.07, 6.45) is 0. The largest absolute Gasteiger partial charge is 0.370 e. The number of halogens is 1. The van der Waals surface area contributed by atoms with Crippen molar-refractivity contribution in [3.05, 3.63) is 29.3 Å². The van der Waals surface area contributed by atoms with E-state index in [1.807, 2.05) is 38.4 Å². The third-order valence-electron chi connectivity index (χ3n) is 1.91. The van der Waals surface area contributed by atoms with E-state index in [9.17, 15) is 0 Å². The van der Waals surface area contributed by atoms with Gasteiger partial charge in [0.05, 0.1) is 6.54 Å². The van der Waals surface area contributed by atoms with E-state index in [0.717, 1.165) is 17.3 Å². The zero-order valence-electron chi connectivity index (χ0n) is 9.48. The molecule has 1 rings (SSSR count). The summed E-state index contributed by atoms with van der Waals surface area (Å²) in [4.78, 5) is 7.23. The molecule has 0 aliphatic rings. The van der Waals surface area contributed by atoms with Gasteiger partial charge in [-0.1, -0.05) is 11.6 Å². The number of thioether (sulfide) groups is 1. The van der Waals surface area contributed by atoms with Crippen LogP contribution in [-0.4, -0.2) is 37.3 Å². The quantitative estimate of drug-likeness (QED) is 0.390. The van der Waals surface area contributed by atoms with E-state index >= 15 is 0 Å². The van der Waals surface area contributed by atoms with E-state index in [1.54, 1.807) is 16.7 Å². The minimum absolute atomic E-state index is 0.566. The standard InChI is InChI=1S/C11H16ClN3S/c1-15(2)11(13)14-7-8-16-10-5-3-9(12)4-6-10/h3-6H,7-8H2,1-2H3,(H2,13,14). The number of rotatable bonds is 4. The van der Waals surface area contributed by atoms with E-state index in [0.29, 0.717) is 5.96 Å². The van der Waals surface area contributed by atoms with Gasteiger partial charge >= 0.3 is 0 Å². The third kappa shape index (κ3) is 4.77. The summed E-state index contributed by atoms with van der Waals surface area (Å²) in [6, 6.07) is 7.79. The zero-order valence-corrected chi connectivity index (χ0v) is 11.1. The lowest BCUT2D eigenvalue weighted by Gasteiger charge is -2.10. The highest BCUT2D eigenvalue weighted by Gasteiger charge is 1.95. The number of hydrogen-bond donors (Lipinski definition) is 1. The Bertz CT molecular complexity index is 349. The maximum Gasteiger partial charge on any atom is 0.190 e. The normalized spacial score (nSPS) is 11.6.